The van der Waals surface area contributed by atoms with Gasteiger partial charge in [0.05, 0.1) is 6.61 Å². The summed E-state index contributed by atoms with van der Waals surface area (Å²) in [5.41, 5.74) is 3.65. The Morgan fingerprint density at radius 2 is 1.73 bits per heavy atom. The first kappa shape index (κ1) is 20.1. The number of ether oxygens (including phenoxy) is 1. The Labute approximate surface area is 134 Å². The Kier molecular flexibility index (Phi) is 11.7. The second-order valence-electron chi connectivity index (χ2n) is 5.32. The lowest BCUT2D eigenvalue weighted by atomic mass is 10.1. The molecule has 3 nitrogen and oxygen atoms in total. The van der Waals surface area contributed by atoms with Crippen LogP contribution in [0, 0.1) is 0 Å². The number of aliphatic hydroxyl groups is 1. The molecule has 0 fully saturated rings. The molecule has 0 heterocycles. The minimum Gasteiger partial charge on any atom is -0.461 e. The van der Waals surface area contributed by atoms with Crippen LogP contribution in [0.1, 0.15) is 46.1 Å². The van der Waals surface area contributed by atoms with Crippen LogP contribution in [0.4, 0.5) is 0 Å². The van der Waals surface area contributed by atoms with Gasteiger partial charge in [-0.15, -0.1) is 0 Å². The topological polar surface area (TPSA) is 46.5 Å². The predicted molar refractivity (Wildman–Crippen MR) is 91.4 cm³/mol. The van der Waals surface area contributed by atoms with E-state index < -0.39 is 0 Å². The molecule has 0 bridgehead atoms. The van der Waals surface area contributed by atoms with Crippen molar-refractivity contribution in [1.29, 1.82) is 0 Å². The van der Waals surface area contributed by atoms with Crippen molar-refractivity contribution in [3.63, 3.8) is 0 Å². The fourth-order valence-corrected chi connectivity index (χ4v) is 1.61. The average Bonchev–Trinajstić information content (AvgIpc) is 2.47. The smallest absolute Gasteiger partial charge is 0.302 e. The van der Waals surface area contributed by atoms with Crippen LogP contribution in [0.25, 0.3) is 0 Å². The Bertz CT molecular complexity index is 469. The fourth-order valence-electron chi connectivity index (χ4n) is 1.61. The van der Waals surface area contributed by atoms with Gasteiger partial charge in [-0.2, -0.15) is 0 Å². The molecular formula is C19H28O3. The number of carbonyl (C=O) groups excluding carboxylic acids is 1. The highest BCUT2D eigenvalue weighted by Gasteiger charge is 1.93. The van der Waals surface area contributed by atoms with E-state index in [0.717, 1.165) is 18.4 Å². The molecule has 0 aromatic heterocycles. The van der Waals surface area contributed by atoms with Crippen molar-refractivity contribution in [2.75, 3.05) is 6.61 Å². The highest BCUT2D eigenvalue weighted by molar-refractivity contribution is 5.65. The monoisotopic (exact) mass is 304 g/mol. The van der Waals surface area contributed by atoms with E-state index >= 15 is 0 Å². The van der Waals surface area contributed by atoms with E-state index in [1.807, 2.05) is 36.4 Å². The zero-order valence-corrected chi connectivity index (χ0v) is 14.1. The maximum Gasteiger partial charge on any atom is 0.302 e. The summed E-state index contributed by atoms with van der Waals surface area (Å²) >= 11 is 0. The second kappa shape index (κ2) is 12.8. The molecule has 0 atom stereocenters. The molecule has 0 radical (unpaired) electrons. The van der Waals surface area contributed by atoms with E-state index in [1.165, 1.54) is 18.1 Å². The molecule has 3 heteroatoms. The quantitative estimate of drug-likeness (QED) is 0.625. The van der Waals surface area contributed by atoms with E-state index in [9.17, 15) is 4.79 Å². The lowest BCUT2D eigenvalue weighted by Crippen LogP contribution is -1.97. The van der Waals surface area contributed by atoms with Gasteiger partial charge in [-0.3, -0.25) is 4.79 Å². The standard InChI is InChI=1S/C10H18O.C9H10O2/c1-9(2)5-4-6-10(3)7-8-11;1-8(10)11-7-9-5-3-2-4-6-9/h5,7,11H,4,6,8H2,1-3H3;2-6H,7H2,1H3. The molecule has 1 aromatic rings. The molecule has 0 aliphatic carbocycles. The van der Waals surface area contributed by atoms with E-state index in [1.54, 1.807) is 0 Å². The number of carbonyl (C=O) groups is 1. The third-order valence-electron chi connectivity index (χ3n) is 2.82. The van der Waals surface area contributed by atoms with Crippen LogP contribution in [0.3, 0.4) is 0 Å². The zero-order valence-electron chi connectivity index (χ0n) is 14.1. The number of aliphatic hydroxyl groups excluding tert-OH is 1. The summed E-state index contributed by atoms with van der Waals surface area (Å²) in [4.78, 5) is 10.4. The lowest BCUT2D eigenvalue weighted by Gasteiger charge is -1.99. The number of hydrogen-bond acceptors (Lipinski definition) is 3. The van der Waals surface area contributed by atoms with Gasteiger partial charge in [0.1, 0.15) is 6.61 Å². The number of esters is 1. The zero-order chi connectivity index (χ0) is 16.8. The summed E-state index contributed by atoms with van der Waals surface area (Å²) < 4.78 is 4.79. The van der Waals surface area contributed by atoms with Gasteiger partial charge in [-0.25, -0.2) is 0 Å². The van der Waals surface area contributed by atoms with Crippen LogP contribution in [0.2, 0.25) is 0 Å². The molecule has 1 rings (SSSR count). The predicted octanol–water partition coefficient (Wildman–Crippen LogP) is 4.42. The summed E-state index contributed by atoms with van der Waals surface area (Å²) in [6.07, 6.45) is 6.23. The summed E-state index contributed by atoms with van der Waals surface area (Å²) in [6.45, 7) is 8.20. The largest absolute Gasteiger partial charge is 0.461 e. The Balaban J connectivity index is 0.000000401. The highest BCUT2D eigenvalue weighted by Crippen LogP contribution is 2.05. The number of hydrogen-bond donors (Lipinski definition) is 1. The van der Waals surface area contributed by atoms with Gasteiger partial charge < -0.3 is 9.84 Å². The molecule has 22 heavy (non-hydrogen) atoms. The average molecular weight is 304 g/mol. The van der Waals surface area contributed by atoms with E-state index in [2.05, 4.69) is 26.8 Å². The van der Waals surface area contributed by atoms with Gasteiger partial charge in [0, 0.05) is 6.92 Å². The molecular weight excluding hydrogens is 276 g/mol. The molecule has 1 aromatic carbocycles. The fraction of sp³-hybridized carbons (Fsp3) is 0.421. The van der Waals surface area contributed by atoms with E-state index in [0.29, 0.717) is 6.61 Å². The maximum atomic E-state index is 10.4. The van der Waals surface area contributed by atoms with Gasteiger partial charge in [-0.05, 0) is 39.2 Å². The highest BCUT2D eigenvalue weighted by atomic mass is 16.5. The number of benzene rings is 1. The van der Waals surface area contributed by atoms with Crippen molar-refractivity contribution < 1.29 is 14.6 Å². The molecule has 0 saturated carbocycles. The number of rotatable bonds is 6. The second-order valence-corrected chi connectivity index (χ2v) is 5.32. The lowest BCUT2D eigenvalue weighted by molar-refractivity contribution is -0.142. The van der Waals surface area contributed by atoms with Crippen LogP contribution >= 0.6 is 0 Å². The molecule has 0 saturated heterocycles. The van der Waals surface area contributed by atoms with Crippen LogP contribution < -0.4 is 0 Å². The van der Waals surface area contributed by atoms with Gasteiger partial charge in [0.15, 0.2) is 0 Å². The summed E-state index contributed by atoms with van der Waals surface area (Å²) in [5, 5.41) is 8.55. The number of allylic oxidation sites excluding steroid dienone is 3. The van der Waals surface area contributed by atoms with Gasteiger partial charge in [0.2, 0.25) is 0 Å². The van der Waals surface area contributed by atoms with Gasteiger partial charge in [-0.1, -0.05) is 53.6 Å². The molecule has 0 amide bonds. The van der Waals surface area contributed by atoms with E-state index in [-0.39, 0.29) is 12.6 Å². The molecule has 0 unspecified atom stereocenters. The molecule has 1 N–H and O–H groups in total. The van der Waals surface area contributed by atoms with Gasteiger partial charge in [0.25, 0.3) is 0 Å². The summed E-state index contributed by atoms with van der Waals surface area (Å²) in [5.74, 6) is -0.242. The Morgan fingerprint density at radius 1 is 1.09 bits per heavy atom. The van der Waals surface area contributed by atoms with Crippen LogP contribution in [-0.4, -0.2) is 17.7 Å². The minimum atomic E-state index is -0.242. The molecule has 122 valence electrons. The van der Waals surface area contributed by atoms with Gasteiger partial charge >= 0.3 is 5.97 Å². The normalized spacial score (nSPS) is 10.3. The van der Waals surface area contributed by atoms with Crippen molar-refractivity contribution in [3.05, 3.63) is 59.2 Å². The first-order valence-electron chi connectivity index (χ1n) is 7.52. The van der Waals surface area contributed by atoms with Crippen molar-refractivity contribution >= 4 is 5.97 Å². The molecule has 0 spiro atoms. The van der Waals surface area contributed by atoms with Crippen molar-refractivity contribution in [2.45, 2.75) is 47.1 Å². The van der Waals surface area contributed by atoms with Crippen LogP contribution in [-0.2, 0) is 16.1 Å². The summed E-state index contributed by atoms with van der Waals surface area (Å²) in [7, 11) is 0. The van der Waals surface area contributed by atoms with Crippen molar-refractivity contribution in [1.82, 2.24) is 0 Å². The SMILES string of the molecule is CC(=O)OCc1ccccc1.CC(C)=CCCC(C)=CCO. The third-order valence-corrected chi connectivity index (χ3v) is 2.82. The first-order valence-corrected chi connectivity index (χ1v) is 7.52. The van der Waals surface area contributed by atoms with Crippen molar-refractivity contribution in [2.24, 2.45) is 0 Å². The Morgan fingerprint density at radius 3 is 2.23 bits per heavy atom. The molecule has 0 aliphatic heterocycles. The third kappa shape index (κ3) is 13.1. The molecule has 0 aliphatic rings. The van der Waals surface area contributed by atoms with Crippen LogP contribution in [0.15, 0.2) is 53.6 Å². The van der Waals surface area contributed by atoms with E-state index in [4.69, 9.17) is 9.84 Å². The Hall–Kier alpha value is -1.87. The van der Waals surface area contributed by atoms with Crippen molar-refractivity contribution in [3.8, 4) is 0 Å². The maximum absolute atomic E-state index is 10.4. The minimum absolute atomic E-state index is 0.167. The summed E-state index contributed by atoms with van der Waals surface area (Å²) in [6, 6.07) is 9.60. The first-order chi connectivity index (χ1) is 10.5. The van der Waals surface area contributed by atoms with Crippen LogP contribution in [0.5, 0.6) is 0 Å².